The summed E-state index contributed by atoms with van der Waals surface area (Å²) in [5, 5.41) is 0. The number of carbonyl (C=O) groups excluding carboxylic acids is 1. The van der Waals surface area contributed by atoms with Crippen molar-refractivity contribution >= 4 is 6.29 Å². The van der Waals surface area contributed by atoms with Crippen molar-refractivity contribution in [1.29, 1.82) is 0 Å². The van der Waals surface area contributed by atoms with Crippen LogP contribution in [0.3, 0.4) is 0 Å². The van der Waals surface area contributed by atoms with E-state index in [0.29, 0.717) is 0 Å². The molecule has 1 fully saturated rings. The molecule has 1 aliphatic rings. The molecule has 0 bridgehead atoms. The monoisotopic (exact) mass is 203 g/mol. The first-order chi connectivity index (χ1) is 6.98. The van der Waals surface area contributed by atoms with Crippen LogP contribution in [0.5, 0.6) is 0 Å². The van der Waals surface area contributed by atoms with Crippen molar-refractivity contribution in [2.45, 2.75) is 38.6 Å². The van der Waals surface area contributed by atoms with Gasteiger partial charge >= 0.3 is 0 Å². The molecule has 1 unspecified atom stereocenters. The number of aryl methyl sites for hydroxylation is 3. The summed E-state index contributed by atoms with van der Waals surface area (Å²) in [4.78, 5) is 10.8. The van der Waals surface area contributed by atoms with E-state index in [2.05, 4.69) is 32.9 Å². The first-order valence-electron chi connectivity index (χ1n) is 5.31. The van der Waals surface area contributed by atoms with Crippen molar-refractivity contribution in [2.75, 3.05) is 0 Å². The van der Waals surface area contributed by atoms with Crippen LogP contribution in [-0.4, -0.2) is 11.8 Å². The van der Waals surface area contributed by atoms with Gasteiger partial charge in [-0.2, -0.15) is 0 Å². The van der Waals surface area contributed by atoms with E-state index in [1.54, 1.807) is 0 Å². The molecule has 1 aliphatic carbocycles. The molecule has 0 radical (unpaired) electrons. The van der Waals surface area contributed by atoms with E-state index in [0.717, 1.165) is 12.7 Å². The zero-order chi connectivity index (χ0) is 11.2. The summed E-state index contributed by atoms with van der Waals surface area (Å²) < 4.78 is 0. The second kappa shape index (κ2) is 3.17. The molecule has 0 spiro atoms. The smallest absolute Gasteiger partial charge is 0.140 e. The topological polar surface area (TPSA) is 43.1 Å². The Labute approximate surface area is 90.5 Å². The lowest BCUT2D eigenvalue weighted by atomic mass is 9.94. The van der Waals surface area contributed by atoms with E-state index in [9.17, 15) is 4.79 Å². The summed E-state index contributed by atoms with van der Waals surface area (Å²) in [5.41, 5.74) is 10.4. The second-order valence-corrected chi connectivity index (χ2v) is 4.80. The normalized spacial score (nSPS) is 28.9. The SMILES string of the molecule is Cc1cc(C)c([C@@H]2CC2(N)C=O)c(C)c1. The van der Waals surface area contributed by atoms with Crippen molar-refractivity contribution in [3.8, 4) is 0 Å². The molecule has 1 aromatic carbocycles. The van der Waals surface area contributed by atoms with Crippen LogP contribution >= 0.6 is 0 Å². The van der Waals surface area contributed by atoms with Crippen molar-refractivity contribution in [3.05, 3.63) is 34.4 Å². The van der Waals surface area contributed by atoms with E-state index in [1.807, 2.05) is 0 Å². The third-order valence-corrected chi connectivity index (χ3v) is 3.35. The van der Waals surface area contributed by atoms with Gasteiger partial charge in [0.1, 0.15) is 6.29 Å². The van der Waals surface area contributed by atoms with Gasteiger partial charge in [0, 0.05) is 5.92 Å². The highest BCUT2D eigenvalue weighted by atomic mass is 16.1. The van der Waals surface area contributed by atoms with Crippen LogP contribution in [0.2, 0.25) is 0 Å². The Morgan fingerprint density at radius 2 is 1.87 bits per heavy atom. The predicted octanol–water partition coefficient (Wildman–Crippen LogP) is 2.00. The van der Waals surface area contributed by atoms with Crippen molar-refractivity contribution in [3.63, 3.8) is 0 Å². The minimum absolute atomic E-state index is 0.232. The zero-order valence-electron chi connectivity index (χ0n) is 9.50. The molecule has 80 valence electrons. The Morgan fingerprint density at radius 1 is 1.33 bits per heavy atom. The average molecular weight is 203 g/mol. The number of hydrogen-bond donors (Lipinski definition) is 1. The molecule has 0 saturated heterocycles. The lowest BCUT2D eigenvalue weighted by molar-refractivity contribution is -0.109. The Hall–Kier alpha value is -1.15. The highest BCUT2D eigenvalue weighted by Gasteiger charge is 2.52. The molecule has 2 heteroatoms. The zero-order valence-corrected chi connectivity index (χ0v) is 9.50. The number of nitrogens with two attached hydrogens (primary N) is 1. The highest BCUT2D eigenvalue weighted by Crippen LogP contribution is 2.50. The van der Waals surface area contributed by atoms with Gasteiger partial charge in [-0.1, -0.05) is 17.7 Å². The first-order valence-corrected chi connectivity index (χ1v) is 5.31. The van der Waals surface area contributed by atoms with Gasteiger partial charge < -0.3 is 10.5 Å². The van der Waals surface area contributed by atoms with Gasteiger partial charge in [0.15, 0.2) is 0 Å². The molecular formula is C13H17NO. The summed E-state index contributed by atoms with van der Waals surface area (Å²) in [7, 11) is 0. The van der Waals surface area contributed by atoms with E-state index < -0.39 is 5.54 Å². The Kier molecular flexibility index (Phi) is 2.19. The standard InChI is InChI=1S/C13H17NO/c1-8-4-9(2)12(10(3)5-8)11-6-13(11,14)7-15/h4-5,7,11H,6,14H2,1-3H3/t11-,13?/m0/s1. The lowest BCUT2D eigenvalue weighted by Crippen LogP contribution is -2.26. The second-order valence-electron chi connectivity index (χ2n) is 4.80. The summed E-state index contributed by atoms with van der Waals surface area (Å²) in [6.07, 6.45) is 1.69. The van der Waals surface area contributed by atoms with Crippen LogP contribution in [0.25, 0.3) is 0 Å². The van der Waals surface area contributed by atoms with E-state index in [1.165, 1.54) is 22.3 Å². The molecule has 2 atom stereocenters. The third-order valence-electron chi connectivity index (χ3n) is 3.35. The van der Waals surface area contributed by atoms with E-state index in [-0.39, 0.29) is 5.92 Å². The molecule has 0 amide bonds. The largest absolute Gasteiger partial charge is 0.319 e. The van der Waals surface area contributed by atoms with Crippen LogP contribution in [0.4, 0.5) is 0 Å². The Bertz CT molecular complexity index is 402. The fraction of sp³-hybridized carbons (Fsp3) is 0.462. The maximum atomic E-state index is 10.8. The van der Waals surface area contributed by atoms with Gasteiger partial charge in [0.25, 0.3) is 0 Å². The maximum Gasteiger partial charge on any atom is 0.140 e. The van der Waals surface area contributed by atoms with Crippen molar-refractivity contribution < 1.29 is 4.79 Å². The van der Waals surface area contributed by atoms with E-state index in [4.69, 9.17) is 5.73 Å². The van der Waals surface area contributed by atoms with Gasteiger partial charge in [-0.15, -0.1) is 0 Å². The molecule has 1 aromatic rings. The number of hydrogen-bond acceptors (Lipinski definition) is 2. The number of carbonyl (C=O) groups is 1. The van der Waals surface area contributed by atoms with Crippen molar-refractivity contribution in [2.24, 2.45) is 5.73 Å². The number of benzene rings is 1. The van der Waals surface area contributed by atoms with Crippen LogP contribution in [0.15, 0.2) is 12.1 Å². The number of aldehydes is 1. The van der Waals surface area contributed by atoms with Crippen molar-refractivity contribution in [1.82, 2.24) is 0 Å². The van der Waals surface area contributed by atoms with Crippen LogP contribution in [-0.2, 0) is 4.79 Å². The Morgan fingerprint density at radius 3 is 2.27 bits per heavy atom. The molecule has 2 rings (SSSR count). The predicted molar refractivity (Wildman–Crippen MR) is 61.0 cm³/mol. The third kappa shape index (κ3) is 1.59. The fourth-order valence-corrected chi connectivity index (χ4v) is 2.54. The molecule has 15 heavy (non-hydrogen) atoms. The average Bonchev–Trinajstić information content (AvgIpc) is 2.77. The summed E-state index contributed by atoms with van der Waals surface area (Å²) in [6.45, 7) is 6.28. The molecule has 0 heterocycles. The molecule has 2 N–H and O–H groups in total. The van der Waals surface area contributed by atoms with Gasteiger partial charge in [-0.3, -0.25) is 0 Å². The molecule has 2 nitrogen and oxygen atoms in total. The molecule has 1 saturated carbocycles. The summed E-state index contributed by atoms with van der Waals surface area (Å²) in [6, 6.07) is 4.32. The molecular weight excluding hydrogens is 186 g/mol. The van der Waals surface area contributed by atoms with Crippen LogP contribution in [0.1, 0.15) is 34.6 Å². The van der Waals surface area contributed by atoms with Crippen LogP contribution in [0, 0.1) is 20.8 Å². The van der Waals surface area contributed by atoms with Gasteiger partial charge in [0.2, 0.25) is 0 Å². The summed E-state index contributed by atoms with van der Waals surface area (Å²) >= 11 is 0. The molecule has 0 aromatic heterocycles. The highest BCUT2D eigenvalue weighted by molar-refractivity contribution is 5.73. The minimum Gasteiger partial charge on any atom is -0.319 e. The van der Waals surface area contributed by atoms with E-state index >= 15 is 0 Å². The van der Waals surface area contributed by atoms with Gasteiger partial charge in [-0.25, -0.2) is 0 Å². The lowest BCUT2D eigenvalue weighted by Gasteiger charge is -2.12. The van der Waals surface area contributed by atoms with Gasteiger partial charge in [-0.05, 0) is 43.9 Å². The maximum absolute atomic E-state index is 10.8. The number of rotatable bonds is 2. The Balaban J connectivity index is 2.43. The minimum atomic E-state index is -0.592. The summed E-state index contributed by atoms with van der Waals surface area (Å²) in [5.74, 6) is 0.232. The molecule has 0 aliphatic heterocycles. The quantitative estimate of drug-likeness (QED) is 0.747. The fourth-order valence-electron chi connectivity index (χ4n) is 2.54. The van der Waals surface area contributed by atoms with Crippen LogP contribution < -0.4 is 5.73 Å². The van der Waals surface area contributed by atoms with Gasteiger partial charge in [0.05, 0.1) is 5.54 Å². The first kappa shape index (κ1) is 10.4.